The van der Waals surface area contributed by atoms with Gasteiger partial charge in [0.05, 0.1) is 11.3 Å². The summed E-state index contributed by atoms with van der Waals surface area (Å²) in [7, 11) is 3.17. The van der Waals surface area contributed by atoms with Gasteiger partial charge in [-0.1, -0.05) is 6.07 Å². The number of hydrogen-bond acceptors (Lipinski definition) is 6. The lowest BCUT2D eigenvalue weighted by atomic mass is 9.92. The summed E-state index contributed by atoms with van der Waals surface area (Å²) in [5.74, 6) is -0.604. The Morgan fingerprint density at radius 3 is 2.42 bits per heavy atom. The molecule has 1 aliphatic carbocycles. The maximum atomic E-state index is 12.1. The summed E-state index contributed by atoms with van der Waals surface area (Å²) in [6, 6.07) is 4.86. The molecule has 7 heteroatoms. The number of carbonyl (C=O) groups excluding carboxylic acids is 1. The van der Waals surface area contributed by atoms with Crippen molar-refractivity contribution in [3.8, 4) is 5.75 Å². The molecule has 126 valence electrons. The van der Waals surface area contributed by atoms with Crippen LogP contribution in [0.15, 0.2) is 27.8 Å². The van der Waals surface area contributed by atoms with E-state index < -0.39 is 10.9 Å². The van der Waals surface area contributed by atoms with E-state index in [1.807, 2.05) is 0 Å². The number of anilines is 3. The standard InChI is InChI=1S/C17H19N3O4/c1-20(2)17(24)10-7-4-8-11(14(10)21)19-13-12(15(22)16(13)23)18-9-5-3-6-9/h4,7-9,18-19,21H,3,5-6H2,1-2H3. The highest BCUT2D eigenvalue weighted by atomic mass is 16.3. The molecule has 0 aliphatic heterocycles. The monoisotopic (exact) mass is 329 g/mol. The second kappa shape index (κ2) is 5.99. The lowest BCUT2D eigenvalue weighted by molar-refractivity contribution is 0.0825. The van der Waals surface area contributed by atoms with E-state index >= 15 is 0 Å². The second-order valence-electron chi connectivity index (χ2n) is 6.21. The Balaban J connectivity index is 1.88. The number of amides is 1. The molecule has 1 amide bonds. The van der Waals surface area contributed by atoms with Crippen molar-refractivity contribution in [1.29, 1.82) is 0 Å². The maximum absolute atomic E-state index is 12.1. The van der Waals surface area contributed by atoms with Crippen LogP contribution in [0.4, 0.5) is 17.1 Å². The number of nitrogens with one attached hydrogen (secondary N) is 2. The Morgan fingerprint density at radius 2 is 1.83 bits per heavy atom. The molecule has 1 fully saturated rings. The first-order valence-electron chi connectivity index (χ1n) is 7.80. The molecule has 1 saturated carbocycles. The van der Waals surface area contributed by atoms with Crippen molar-refractivity contribution in [2.75, 3.05) is 24.7 Å². The van der Waals surface area contributed by atoms with Gasteiger partial charge < -0.3 is 20.6 Å². The number of carbonyl (C=O) groups is 1. The lowest BCUT2D eigenvalue weighted by Crippen LogP contribution is -2.40. The van der Waals surface area contributed by atoms with Crippen molar-refractivity contribution in [1.82, 2.24) is 4.90 Å². The maximum Gasteiger partial charge on any atom is 0.257 e. The zero-order valence-corrected chi connectivity index (χ0v) is 13.5. The summed E-state index contributed by atoms with van der Waals surface area (Å²) >= 11 is 0. The number of hydrogen-bond donors (Lipinski definition) is 3. The van der Waals surface area contributed by atoms with Crippen LogP contribution in [0.25, 0.3) is 0 Å². The van der Waals surface area contributed by atoms with E-state index in [1.54, 1.807) is 26.2 Å². The molecule has 3 N–H and O–H groups in total. The van der Waals surface area contributed by atoms with Gasteiger partial charge in [0.15, 0.2) is 5.75 Å². The Kier molecular flexibility index (Phi) is 4.01. The molecule has 2 aromatic carbocycles. The molecule has 2 aromatic rings. The van der Waals surface area contributed by atoms with Gasteiger partial charge in [0.2, 0.25) is 0 Å². The van der Waals surface area contributed by atoms with Crippen LogP contribution in [-0.4, -0.2) is 36.1 Å². The Bertz CT molecular complexity index is 861. The number of benzene rings is 1. The van der Waals surface area contributed by atoms with Crippen LogP contribution >= 0.6 is 0 Å². The minimum Gasteiger partial charge on any atom is -0.505 e. The van der Waals surface area contributed by atoms with Crippen molar-refractivity contribution < 1.29 is 9.90 Å². The Labute approximate surface area is 138 Å². The summed E-state index contributed by atoms with van der Waals surface area (Å²) in [5, 5.41) is 16.2. The third kappa shape index (κ3) is 2.62. The van der Waals surface area contributed by atoms with Crippen molar-refractivity contribution in [3.63, 3.8) is 0 Å². The van der Waals surface area contributed by atoms with Crippen LogP contribution in [0.2, 0.25) is 0 Å². The molecular formula is C17H19N3O4. The van der Waals surface area contributed by atoms with Gasteiger partial charge in [-0.3, -0.25) is 14.4 Å². The van der Waals surface area contributed by atoms with Crippen LogP contribution in [0.1, 0.15) is 29.6 Å². The SMILES string of the molecule is CN(C)C(=O)c1cccc(Nc2c(NC3CCC3)c(=O)c2=O)c1O. The van der Waals surface area contributed by atoms with E-state index in [0.29, 0.717) is 0 Å². The first-order valence-corrected chi connectivity index (χ1v) is 7.80. The van der Waals surface area contributed by atoms with Gasteiger partial charge in [-0.15, -0.1) is 0 Å². The smallest absolute Gasteiger partial charge is 0.257 e. The molecule has 0 atom stereocenters. The van der Waals surface area contributed by atoms with Crippen molar-refractivity contribution in [3.05, 3.63) is 44.2 Å². The summed E-state index contributed by atoms with van der Waals surface area (Å²) in [6.45, 7) is 0. The highest BCUT2D eigenvalue weighted by molar-refractivity contribution is 5.99. The van der Waals surface area contributed by atoms with Gasteiger partial charge in [-0.25, -0.2) is 0 Å². The van der Waals surface area contributed by atoms with Gasteiger partial charge in [0.1, 0.15) is 11.4 Å². The molecule has 0 radical (unpaired) electrons. The van der Waals surface area contributed by atoms with E-state index in [-0.39, 0.29) is 40.3 Å². The largest absolute Gasteiger partial charge is 0.505 e. The third-order valence-electron chi connectivity index (χ3n) is 4.30. The summed E-state index contributed by atoms with van der Waals surface area (Å²) in [4.78, 5) is 37.0. The highest BCUT2D eigenvalue weighted by Gasteiger charge is 2.27. The van der Waals surface area contributed by atoms with Crippen LogP contribution < -0.4 is 21.5 Å². The van der Waals surface area contributed by atoms with E-state index in [9.17, 15) is 19.5 Å². The molecule has 1 aliphatic rings. The molecule has 0 bridgehead atoms. The fraction of sp³-hybridized carbons (Fsp3) is 0.353. The van der Waals surface area contributed by atoms with Crippen LogP contribution in [0.3, 0.4) is 0 Å². The first kappa shape index (κ1) is 16.0. The second-order valence-corrected chi connectivity index (χ2v) is 6.21. The van der Waals surface area contributed by atoms with Gasteiger partial charge >= 0.3 is 0 Å². The predicted molar refractivity (Wildman–Crippen MR) is 92.0 cm³/mol. The summed E-state index contributed by atoms with van der Waals surface area (Å²) in [5.41, 5.74) is -0.446. The minimum atomic E-state index is -0.624. The molecular weight excluding hydrogens is 310 g/mol. The molecule has 0 unspecified atom stereocenters. The fourth-order valence-corrected chi connectivity index (χ4v) is 2.60. The van der Waals surface area contributed by atoms with Crippen LogP contribution in [0, 0.1) is 0 Å². The Morgan fingerprint density at radius 1 is 1.17 bits per heavy atom. The summed E-state index contributed by atoms with van der Waals surface area (Å²) in [6.07, 6.45) is 3.04. The quantitative estimate of drug-likeness (QED) is 0.566. The number of aromatic hydroxyl groups is 1. The number of phenolic OH excluding ortho intramolecular Hbond substituents is 1. The van der Waals surface area contributed by atoms with Crippen molar-refractivity contribution in [2.45, 2.75) is 25.3 Å². The van der Waals surface area contributed by atoms with Gasteiger partial charge in [0.25, 0.3) is 16.8 Å². The highest BCUT2D eigenvalue weighted by Crippen LogP contribution is 2.33. The normalized spacial score (nSPS) is 14.2. The van der Waals surface area contributed by atoms with Crippen molar-refractivity contribution >= 4 is 23.0 Å². The first-order chi connectivity index (χ1) is 11.4. The molecule has 7 nitrogen and oxygen atoms in total. The van der Waals surface area contributed by atoms with E-state index in [1.165, 1.54) is 11.0 Å². The predicted octanol–water partition coefficient (Wildman–Crippen LogP) is 1.40. The van der Waals surface area contributed by atoms with Crippen LogP contribution in [-0.2, 0) is 0 Å². The van der Waals surface area contributed by atoms with Gasteiger partial charge in [-0.05, 0) is 31.4 Å². The number of rotatable bonds is 5. The molecule has 0 aromatic heterocycles. The third-order valence-corrected chi connectivity index (χ3v) is 4.30. The van der Waals surface area contributed by atoms with E-state index in [4.69, 9.17) is 0 Å². The Hall–Kier alpha value is -2.83. The lowest BCUT2D eigenvalue weighted by Gasteiger charge is -2.29. The molecule has 24 heavy (non-hydrogen) atoms. The number of nitrogens with zero attached hydrogens (tertiary/aromatic N) is 1. The van der Waals surface area contributed by atoms with Crippen LogP contribution in [0.5, 0.6) is 5.75 Å². The number of phenols is 1. The zero-order chi connectivity index (χ0) is 17.4. The van der Waals surface area contributed by atoms with E-state index in [0.717, 1.165) is 19.3 Å². The molecule has 0 saturated heterocycles. The average molecular weight is 329 g/mol. The fourth-order valence-electron chi connectivity index (χ4n) is 2.60. The topological polar surface area (TPSA) is 98.7 Å². The zero-order valence-electron chi connectivity index (χ0n) is 13.5. The molecule has 0 spiro atoms. The number of para-hydroxylation sites is 1. The van der Waals surface area contributed by atoms with Gasteiger partial charge in [-0.2, -0.15) is 0 Å². The van der Waals surface area contributed by atoms with E-state index in [2.05, 4.69) is 10.6 Å². The minimum absolute atomic E-state index is 0.122. The summed E-state index contributed by atoms with van der Waals surface area (Å²) < 4.78 is 0. The van der Waals surface area contributed by atoms with Gasteiger partial charge in [0, 0.05) is 20.1 Å². The molecule has 0 heterocycles. The van der Waals surface area contributed by atoms with Crippen molar-refractivity contribution in [2.24, 2.45) is 0 Å². The molecule has 3 rings (SSSR count). The average Bonchev–Trinajstić information content (AvgIpc) is 2.52.